The lowest BCUT2D eigenvalue weighted by atomic mass is 10.1. The van der Waals surface area contributed by atoms with Crippen LogP contribution in [-0.4, -0.2) is 21.1 Å². The molecule has 2 aromatic carbocycles. The molecule has 3 heteroatoms. The molecule has 0 saturated carbocycles. The molecule has 3 rings (SSSR count). The largest absolute Gasteiger partial charge is 0.355 e. The maximum atomic E-state index is 3.72. The van der Waals surface area contributed by atoms with E-state index in [1.54, 1.807) is 10.4 Å². The summed E-state index contributed by atoms with van der Waals surface area (Å²) in [7, 11) is -2.75. The number of rotatable bonds is 2. The Labute approximate surface area is 129 Å². The van der Waals surface area contributed by atoms with Crippen LogP contribution in [0.15, 0.2) is 36.4 Å². The Morgan fingerprint density at radius 3 is 2.00 bits per heavy atom. The smallest absolute Gasteiger partial charge is 0.0802 e. The first kappa shape index (κ1) is 14.6. The predicted molar refractivity (Wildman–Crippen MR) is 102 cm³/mol. The van der Waals surface area contributed by atoms with Crippen molar-refractivity contribution in [1.82, 2.24) is 4.98 Å². The summed E-state index contributed by atoms with van der Waals surface area (Å²) >= 11 is 0. The fourth-order valence-corrected chi connectivity index (χ4v) is 8.87. The molecule has 0 atom stereocenters. The Kier molecular flexibility index (Phi) is 3.19. The van der Waals surface area contributed by atoms with Gasteiger partial charge in [-0.1, -0.05) is 74.8 Å². The standard InChI is InChI=1S/C18H25NSi2/c1-20(2,3)16-12-11-14-13-9-7-8-10-15(13)19-17(14)18(16)21(4,5)6/h7-12,19H,1-6H3. The summed E-state index contributed by atoms with van der Waals surface area (Å²) in [5, 5.41) is 6.04. The van der Waals surface area contributed by atoms with Gasteiger partial charge in [-0.2, -0.15) is 0 Å². The Morgan fingerprint density at radius 1 is 0.714 bits per heavy atom. The van der Waals surface area contributed by atoms with Gasteiger partial charge in [-0.25, -0.2) is 0 Å². The molecule has 21 heavy (non-hydrogen) atoms. The number of H-pyrrole nitrogens is 1. The second-order valence-electron chi connectivity index (χ2n) is 8.08. The van der Waals surface area contributed by atoms with Gasteiger partial charge in [0.2, 0.25) is 0 Å². The lowest BCUT2D eigenvalue weighted by molar-refractivity contribution is 1.55. The van der Waals surface area contributed by atoms with Gasteiger partial charge in [-0.15, -0.1) is 0 Å². The minimum Gasteiger partial charge on any atom is -0.355 e. The van der Waals surface area contributed by atoms with Crippen molar-refractivity contribution in [1.29, 1.82) is 0 Å². The highest BCUT2D eigenvalue weighted by Crippen LogP contribution is 2.25. The SMILES string of the molecule is C[Si](C)(C)c1ccc2c([nH]c3ccccc32)c1[Si](C)(C)C. The van der Waals surface area contributed by atoms with Crippen molar-refractivity contribution in [2.24, 2.45) is 0 Å². The van der Waals surface area contributed by atoms with Gasteiger partial charge < -0.3 is 4.98 Å². The van der Waals surface area contributed by atoms with E-state index < -0.39 is 16.1 Å². The average molecular weight is 312 g/mol. The quantitative estimate of drug-likeness (QED) is 0.675. The van der Waals surface area contributed by atoms with Crippen LogP contribution < -0.4 is 10.4 Å². The van der Waals surface area contributed by atoms with Crippen molar-refractivity contribution in [3.05, 3.63) is 36.4 Å². The highest BCUT2D eigenvalue weighted by Gasteiger charge is 2.30. The number of fused-ring (bicyclic) bond motifs is 3. The molecule has 0 spiro atoms. The number of nitrogens with one attached hydrogen (secondary N) is 1. The minimum atomic E-state index is -1.41. The van der Waals surface area contributed by atoms with Gasteiger partial charge in [0.1, 0.15) is 0 Å². The summed E-state index contributed by atoms with van der Waals surface area (Å²) in [5.41, 5.74) is 2.66. The normalized spacial score (nSPS) is 13.2. The van der Waals surface area contributed by atoms with Crippen LogP contribution in [0.1, 0.15) is 0 Å². The zero-order chi connectivity index (χ0) is 15.4. The Hall–Kier alpha value is -1.33. The summed E-state index contributed by atoms with van der Waals surface area (Å²) in [4.78, 5) is 3.72. The Bertz CT molecular complexity index is 817. The summed E-state index contributed by atoms with van der Waals surface area (Å²) in [6.45, 7) is 14.8. The number of aromatic amines is 1. The van der Waals surface area contributed by atoms with E-state index in [1.165, 1.54) is 21.8 Å². The molecule has 3 aromatic rings. The van der Waals surface area contributed by atoms with Crippen LogP contribution in [0, 0.1) is 0 Å². The molecule has 0 unspecified atom stereocenters. The molecule has 1 nitrogen and oxygen atoms in total. The molecule has 0 aliphatic rings. The molecule has 110 valence electrons. The van der Waals surface area contributed by atoms with Crippen molar-refractivity contribution < 1.29 is 0 Å². The predicted octanol–water partition coefficient (Wildman–Crippen LogP) is 4.41. The molecule has 1 heterocycles. The fraction of sp³-hybridized carbons (Fsp3) is 0.333. The van der Waals surface area contributed by atoms with E-state index in [0.29, 0.717) is 0 Å². The van der Waals surface area contributed by atoms with Crippen LogP contribution in [0.5, 0.6) is 0 Å². The molecule has 0 saturated heterocycles. The van der Waals surface area contributed by atoms with Gasteiger partial charge >= 0.3 is 0 Å². The molecular formula is C18H25NSi2. The maximum absolute atomic E-state index is 3.72. The zero-order valence-electron chi connectivity index (χ0n) is 14.0. The molecule has 1 aromatic heterocycles. The first-order chi connectivity index (χ1) is 9.69. The van der Waals surface area contributed by atoms with Gasteiger partial charge in [0, 0.05) is 21.8 Å². The third-order valence-electron chi connectivity index (χ3n) is 4.24. The lowest BCUT2D eigenvalue weighted by Gasteiger charge is -2.28. The maximum Gasteiger partial charge on any atom is 0.0802 e. The third kappa shape index (κ3) is 2.38. The van der Waals surface area contributed by atoms with Crippen LogP contribution in [0.25, 0.3) is 21.8 Å². The topological polar surface area (TPSA) is 15.8 Å². The van der Waals surface area contributed by atoms with E-state index in [9.17, 15) is 0 Å². The van der Waals surface area contributed by atoms with Crippen molar-refractivity contribution in [3.63, 3.8) is 0 Å². The van der Waals surface area contributed by atoms with Gasteiger partial charge in [0.15, 0.2) is 0 Å². The second-order valence-corrected chi connectivity index (χ2v) is 18.1. The van der Waals surface area contributed by atoms with E-state index in [1.807, 2.05) is 0 Å². The Balaban J connectivity index is 2.50. The van der Waals surface area contributed by atoms with E-state index in [4.69, 9.17) is 0 Å². The molecule has 0 amide bonds. The highest BCUT2D eigenvalue weighted by atomic mass is 28.3. The Morgan fingerprint density at radius 2 is 1.38 bits per heavy atom. The van der Waals surface area contributed by atoms with E-state index >= 15 is 0 Å². The van der Waals surface area contributed by atoms with Crippen LogP contribution in [-0.2, 0) is 0 Å². The van der Waals surface area contributed by atoms with Gasteiger partial charge in [-0.3, -0.25) is 0 Å². The number of para-hydroxylation sites is 1. The third-order valence-corrected chi connectivity index (χ3v) is 8.54. The van der Waals surface area contributed by atoms with Crippen LogP contribution >= 0.6 is 0 Å². The van der Waals surface area contributed by atoms with E-state index in [0.717, 1.165) is 0 Å². The average Bonchev–Trinajstić information content (AvgIpc) is 2.73. The zero-order valence-corrected chi connectivity index (χ0v) is 16.0. The molecule has 1 N–H and O–H groups in total. The molecule has 0 aliphatic heterocycles. The van der Waals surface area contributed by atoms with Gasteiger partial charge in [0.25, 0.3) is 0 Å². The number of benzene rings is 2. The van der Waals surface area contributed by atoms with Crippen molar-refractivity contribution in [2.45, 2.75) is 39.3 Å². The molecule has 0 radical (unpaired) electrons. The molecule has 0 bridgehead atoms. The number of hydrogen-bond acceptors (Lipinski definition) is 0. The van der Waals surface area contributed by atoms with Crippen LogP contribution in [0.2, 0.25) is 39.3 Å². The molecule has 0 aliphatic carbocycles. The molecular weight excluding hydrogens is 286 g/mol. The van der Waals surface area contributed by atoms with Crippen LogP contribution in [0.3, 0.4) is 0 Å². The van der Waals surface area contributed by atoms with Gasteiger partial charge in [0.05, 0.1) is 16.1 Å². The van der Waals surface area contributed by atoms with Crippen LogP contribution in [0.4, 0.5) is 0 Å². The first-order valence-electron chi connectivity index (χ1n) is 7.74. The summed E-state index contributed by atoms with van der Waals surface area (Å²) < 4.78 is 0. The monoisotopic (exact) mass is 311 g/mol. The fourth-order valence-electron chi connectivity index (χ4n) is 3.32. The summed E-state index contributed by atoms with van der Waals surface area (Å²) in [6.07, 6.45) is 0. The number of hydrogen-bond donors (Lipinski definition) is 1. The van der Waals surface area contributed by atoms with E-state index in [-0.39, 0.29) is 0 Å². The second kappa shape index (κ2) is 4.58. The molecule has 0 fully saturated rings. The lowest BCUT2D eigenvalue weighted by Crippen LogP contribution is -2.56. The van der Waals surface area contributed by atoms with Crippen molar-refractivity contribution in [2.75, 3.05) is 0 Å². The first-order valence-corrected chi connectivity index (χ1v) is 14.7. The number of aromatic nitrogens is 1. The van der Waals surface area contributed by atoms with E-state index in [2.05, 4.69) is 80.7 Å². The summed E-state index contributed by atoms with van der Waals surface area (Å²) in [5.74, 6) is 0. The minimum absolute atomic E-state index is 1.26. The summed E-state index contributed by atoms with van der Waals surface area (Å²) in [6, 6.07) is 13.4. The van der Waals surface area contributed by atoms with Crippen molar-refractivity contribution >= 4 is 48.3 Å². The van der Waals surface area contributed by atoms with Gasteiger partial charge in [-0.05, 0) is 11.3 Å². The highest BCUT2D eigenvalue weighted by molar-refractivity contribution is 6.99. The van der Waals surface area contributed by atoms with Crippen molar-refractivity contribution in [3.8, 4) is 0 Å².